The van der Waals surface area contributed by atoms with Gasteiger partial charge in [-0.05, 0) is 36.4 Å². The number of ketones is 2. The Kier molecular flexibility index (Phi) is 4.60. The minimum absolute atomic E-state index is 0.00512. The summed E-state index contributed by atoms with van der Waals surface area (Å²) < 4.78 is 0. The predicted molar refractivity (Wildman–Crippen MR) is 110 cm³/mol. The van der Waals surface area contributed by atoms with Crippen LogP contribution >= 0.6 is 0 Å². The van der Waals surface area contributed by atoms with Crippen LogP contribution in [0.5, 0.6) is 5.75 Å². The van der Waals surface area contributed by atoms with Crippen molar-refractivity contribution in [3.8, 4) is 5.75 Å². The zero-order valence-electron chi connectivity index (χ0n) is 15.7. The summed E-state index contributed by atoms with van der Waals surface area (Å²) in [7, 11) is 0. The molecule has 0 spiro atoms. The zero-order valence-corrected chi connectivity index (χ0v) is 15.7. The number of hydrogen-bond donors (Lipinski definition) is 3. The Labute approximate surface area is 167 Å². The molecule has 0 aliphatic heterocycles. The molecule has 29 heavy (non-hydrogen) atoms. The lowest BCUT2D eigenvalue weighted by Gasteiger charge is -2.21. The van der Waals surface area contributed by atoms with E-state index in [1.807, 2.05) is 0 Å². The molecule has 0 bridgehead atoms. The normalized spacial score (nSPS) is 12.2. The fourth-order valence-corrected chi connectivity index (χ4v) is 3.35. The third-order valence-electron chi connectivity index (χ3n) is 4.82. The van der Waals surface area contributed by atoms with Crippen molar-refractivity contribution in [3.63, 3.8) is 0 Å². The van der Waals surface area contributed by atoms with Gasteiger partial charge in [0, 0.05) is 28.9 Å². The highest BCUT2D eigenvalue weighted by atomic mass is 16.3. The van der Waals surface area contributed by atoms with Crippen LogP contribution in [0, 0.1) is 0 Å². The van der Waals surface area contributed by atoms with Gasteiger partial charge >= 0.3 is 0 Å². The lowest BCUT2D eigenvalue weighted by atomic mass is 9.82. The molecule has 1 amide bonds. The molecule has 0 fully saturated rings. The van der Waals surface area contributed by atoms with Gasteiger partial charge in [-0.3, -0.25) is 14.4 Å². The van der Waals surface area contributed by atoms with Crippen molar-refractivity contribution >= 4 is 34.5 Å². The van der Waals surface area contributed by atoms with E-state index >= 15 is 0 Å². The number of carbonyl (C=O) groups excluding carboxylic acids is 3. The lowest BCUT2D eigenvalue weighted by molar-refractivity contribution is -0.115. The summed E-state index contributed by atoms with van der Waals surface area (Å²) in [5.41, 5.74) is 2.52. The van der Waals surface area contributed by atoms with E-state index in [4.69, 9.17) is 0 Å². The molecule has 0 unspecified atom stereocenters. The molecule has 1 aliphatic rings. The van der Waals surface area contributed by atoms with E-state index in [1.54, 1.807) is 61.5 Å². The first-order chi connectivity index (χ1) is 14.0. The van der Waals surface area contributed by atoms with Gasteiger partial charge in [-0.1, -0.05) is 31.2 Å². The molecular weight excluding hydrogens is 368 g/mol. The molecule has 3 N–H and O–H groups in total. The number of phenols is 1. The SMILES string of the molecule is CCC(=O)Nc1ccc(Nc2ccc(O)c3c2C(=O)c2ccccc2C3=O)cc1. The number of aromatic hydroxyl groups is 1. The molecule has 3 aromatic carbocycles. The van der Waals surface area contributed by atoms with Crippen LogP contribution in [0.1, 0.15) is 45.2 Å². The van der Waals surface area contributed by atoms with Crippen LogP contribution < -0.4 is 10.6 Å². The van der Waals surface area contributed by atoms with Gasteiger partial charge in [-0.25, -0.2) is 0 Å². The fourth-order valence-electron chi connectivity index (χ4n) is 3.35. The van der Waals surface area contributed by atoms with Gasteiger partial charge in [-0.2, -0.15) is 0 Å². The smallest absolute Gasteiger partial charge is 0.224 e. The number of hydrogen-bond acceptors (Lipinski definition) is 5. The second-order valence-corrected chi connectivity index (χ2v) is 6.69. The summed E-state index contributed by atoms with van der Waals surface area (Å²) in [6, 6.07) is 16.5. The number of fused-ring (bicyclic) bond motifs is 2. The minimum atomic E-state index is -0.381. The van der Waals surface area contributed by atoms with Gasteiger partial charge in [0.1, 0.15) is 5.75 Å². The van der Waals surface area contributed by atoms with Crippen molar-refractivity contribution in [1.82, 2.24) is 0 Å². The average Bonchev–Trinajstić information content (AvgIpc) is 2.74. The highest BCUT2D eigenvalue weighted by Crippen LogP contribution is 2.38. The first-order valence-electron chi connectivity index (χ1n) is 9.21. The van der Waals surface area contributed by atoms with Crippen LogP contribution in [0.25, 0.3) is 0 Å². The Morgan fingerprint density at radius 1 is 0.828 bits per heavy atom. The highest BCUT2D eigenvalue weighted by Gasteiger charge is 2.33. The molecule has 0 saturated heterocycles. The van der Waals surface area contributed by atoms with Crippen molar-refractivity contribution in [2.75, 3.05) is 10.6 Å². The van der Waals surface area contributed by atoms with Crippen LogP contribution in [0.4, 0.5) is 17.1 Å². The van der Waals surface area contributed by atoms with E-state index < -0.39 is 0 Å². The summed E-state index contributed by atoms with van der Waals surface area (Å²) in [4.78, 5) is 37.4. The molecule has 0 heterocycles. The number of nitrogens with one attached hydrogen (secondary N) is 2. The topological polar surface area (TPSA) is 95.5 Å². The van der Waals surface area contributed by atoms with E-state index in [-0.39, 0.29) is 39.9 Å². The molecule has 3 aromatic rings. The Bertz CT molecular complexity index is 1150. The molecule has 0 atom stereocenters. The molecular formula is C23H18N2O4. The molecule has 0 saturated carbocycles. The summed E-state index contributed by atoms with van der Waals surface area (Å²) >= 11 is 0. The molecule has 4 rings (SSSR count). The van der Waals surface area contributed by atoms with Crippen LogP contribution in [0.2, 0.25) is 0 Å². The number of carbonyl (C=O) groups is 3. The summed E-state index contributed by atoms with van der Waals surface area (Å²) in [5.74, 6) is -1.01. The first kappa shape index (κ1) is 18.4. The van der Waals surface area contributed by atoms with Crippen LogP contribution in [-0.4, -0.2) is 22.6 Å². The van der Waals surface area contributed by atoms with Gasteiger partial charge in [0.15, 0.2) is 11.6 Å². The maximum atomic E-state index is 13.1. The Balaban J connectivity index is 1.71. The largest absolute Gasteiger partial charge is 0.507 e. The second-order valence-electron chi connectivity index (χ2n) is 6.69. The molecule has 6 nitrogen and oxygen atoms in total. The first-order valence-corrected chi connectivity index (χ1v) is 9.21. The van der Waals surface area contributed by atoms with E-state index in [1.165, 1.54) is 6.07 Å². The Morgan fingerprint density at radius 3 is 2.03 bits per heavy atom. The lowest BCUT2D eigenvalue weighted by Crippen LogP contribution is -2.22. The third kappa shape index (κ3) is 3.25. The molecule has 6 heteroatoms. The maximum absolute atomic E-state index is 13.1. The maximum Gasteiger partial charge on any atom is 0.224 e. The van der Waals surface area contributed by atoms with Crippen molar-refractivity contribution in [1.29, 1.82) is 0 Å². The zero-order chi connectivity index (χ0) is 20.5. The van der Waals surface area contributed by atoms with Crippen LogP contribution in [0.3, 0.4) is 0 Å². The summed E-state index contributed by atoms with van der Waals surface area (Å²) in [6.07, 6.45) is 0.386. The Morgan fingerprint density at radius 2 is 1.41 bits per heavy atom. The molecule has 1 aliphatic carbocycles. The number of rotatable bonds is 4. The van der Waals surface area contributed by atoms with Crippen molar-refractivity contribution < 1.29 is 19.5 Å². The summed E-state index contributed by atoms with van der Waals surface area (Å²) in [6.45, 7) is 1.77. The predicted octanol–water partition coefficient (Wildman–Crippen LogP) is 4.26. The number of phenolic OH excluding ortho intramolecular Hbond substituents is 1. The Hall–Kier alpha value is -3.93. The fraction of sp³-hybridized carbons (Fsp3) is 0.0870. The van der Waals surface area contributed by atoms with E-state index in [0.29, 0.717) is 29.0 Å². The number of anilines is 3. The standard InChI is InChI=1S/C23H18N2O4/c1-2-19(27)25-14-9-7-13(8-10-14)24-17-11-12-18(26)21-20(17)22(28)15-5-3-4-6-16(15)23(21)29/h3-12,24,26H,2H2,1H3,(H,25,27). The van der Waals surface area contributed by atoms with E-state index in [2.05, 4.69) is 10.6 Å². The van der Waals surface area contributed by atoms with E-state index in [9.17, 15) is 19.5 Å². The van der Waals surface area contributed by atoms with Crippen LogP contribution in [0.15, 0.2) is 60.7 Å². The summed E-state index contributed by atoms with van der Waals surface area (Å²) in [5, 5.41) is 16.2. The van der Waals surface area contributed by atoms with Gasteiger partial charge in [-0.15, -0.1) is 0 Å². The molecule has 0 radical (unpaired) electrons. The minimum Gasteiger partial charge on any atom is -0.507 e. The van der Waals surface area contributed by atoms with Gasteiger partial charge in [0.2, 0.25) is 5.91 Å². The van der Waals surface area contributed by atoms with Crippen molar-refractivity contribution in [3.05, 3.63) is 82.9 Å². The van der Waals surface area contributed by atoms with Crippen LogP contribution in [-0.2, 0) is 4.79 Å². The number of benzene rings is 3. The highest BCUT2D eigenvalue weighted by molar-refractivity contribution is 6.31. The third-order valence-corrected chi connectivity index (χ3v) is 4.82. The molecule has 144 valence electrons. The average molecular weight is 386 g/mol. The van der Waals surface area contributed by atoms with Crippen molar-refractivity contribution in [2.24, 2.45) is 0 Å². The monoisotopic (exact) mass is 386 g/mol. The van der Waals surface area contributed by atoms with E-state index in [0.717, 1.165) is 0 Å². The van der Waals surface area contributed by atoms with Gasteiger partial charge in [0.25, 0.3) is 0 Å². The van der Waals surface area contributed by atoms with Crippen molar-refractivity contribution in [2.45, 2.75) is 13.3 Å². The van der Waals surface area contributed by atoms with Gasteiger partial charge in [0.05, 0.1) is 16.8 Å². The number of amides is 1. The quantitative estimate of drug-likeness (QED) is 0.456. The molecule has 0 aromatic heterocycles. The van der Waals surface area contributed by atoms with Gasteiger partial charge < -0.3 is 15.7 Å². The second kappa shape index (κ2) is 7.24.